The largest absolute Gasteiger partial charge is 0.317 e. The van der Waals surface area contributed by atoms with Gasteiger partial charge in [-0.15, -0.1) is 0 Å². The molecule has 100 valence electrons. The highest BCUT2D eigenvalue weighted by Gasteiger charge is 2.36. The second kappa shape index (κ2) is 5.00. The SMILES string of the molecule is CCC1(c2n[nH]c(C3CCCC3)n2)CCNCC1. The van der Waals surface area contributed by atoms with Gasteiger partial charge in [-0.2, -0.15) is 5.10 Å². The normalized spacial score (nSPS) is 24.5. The molecule has 1 aliphatic heterocycles. The molecule has 2 N–H and O–H groups in total. The van der Waals surface area contributed by atoms with Crippen molar-refractivity contribution in [2.24, 2.45) is 0 Å². The lowest BCUT2D eigenvalue weighted by atomic mass is 9.76. The summed E-state index contributed by atoms with van der Waals surface area (Å²) < 4.78 is 0. The van der Waals surface area contributed by atoms with E-state index >= 15 is 0 Å². The van der Waals surface area contributed by atoms with Crippen LogP contribution in [-0.4, -0.2) is 28.3 Å². The van der Waals surface area contributed by atoms with Crippen LogP contribution >= 0.6 is 0 Å². The van der Waals surface area contributed by atoms with E-state index in [0.717, 1.165) is 31.2 Å². The van der Waals surface area contributed by atoms with Crippen LogP contribution in [0.15, 0.2) is 0 Å². The summed E-state index contributed by atoms with van der Waals surface area (Å²) in [6.45, 7) is 4.47. The highest BCUT2D eigenvalue weighted by Crippen LogP contribution is 2.37. The Balaban J connectivity index is 1.82. The lowest BCUT2D eigenvalue weighted by molar-refractivity contribution is 0.283. The second-order valence-electron chi connectivity index (χ2n) is 5.91. The summed E-state index contributed by atoms with van der Waals surface area (Å²) in [5.41, 5.74) is 0.221. The average Bonchev–Trinajstić information content (AvgIpc) is 3.10. The number of aromatic nitrogens is 3. The molecule has 0 atom stereocenters. The molecule has 0 unspecified atom stereocenters. The van der Waals surface area contributed by atoms with Gasteiger partial charge in [0.2, 0.25) is 0 Å². The molecule has 0 aromatic carbocycles. The van der Waals surface area contributed by atoms with Gasteiger partial charge in [-0.05, 0) is 45.2 Å². The van der Waals surface area contributed by atoms with Crippen molar-refractivity contribution in [3.05, 3.63) is 11.6 Å². The van der Waals surface area contributed by atoms with Crippen LogP contribution in [0.2, 0.25) is 0 Å². The summed E-state index contributed by atoms with van der Waals surface area (Å²) in [7, 11) is 0. The molecule has 2 heterocycles. The predicted molar refractivity (Wildman–Crippen MR) is 71.7 cm³/mol. The molecule has 2 fully saturated rings. The lowest BCUT2D eigenvalue weighted by Gasteiger charge is -2.34. The van der Waals surface area contributed by atoms with Crippen LogP contribution in [-0.2, 0) is 5.41 Å². The van der Waals surface area contributed by atoms with Gasteiger partial charge in [-0.25, -0.2) is 4.98 Å². The lowest BCUT2D eigenvalue weighted by Crippen LogP contribution is -2.40. The molecule has 1 aromatic heterocycles. The number of rotatable bonds is 3. The number of H-pyrrole nitrogens is 1. The van der Waals surface area contributed by atoms with E-state index in [4.69, 9.17) is 4.98 Å². The summed E-state index contributed by atoms with van der Waals surface area (Å²) in [5.74, 6) is 2.86. The number of aromatic amines is 1. The molecule has 1 aliphatic carbocycles. The van der Waals surface area contributed by atoms with Crippen molar-refractivity contribution in [3.63, 3.8) is 0 Å². The molecule has 4 heteroatoms. The summed E-state index contributed by atoms with van der Waals surface area (Å²) in [6, 6.07) is 0. The van der Waals surface area contributed by atoms with Crippen molar-refractivity contribution in [3.8, 4) is 0 Å². The monoisotopic (exact) mass is 248 g/mol. The number of piperidine rings is 1. The molecule has 4 nitrogen and oxygen atoms in total. The zero-order valence-electron chi connectivity index (χ0n) is 11.3. The molecule has 1 saturated carbocycles. The highest BCUT2D eigenvalue weighted by molar-refractivity contribution is 5.12. The van der Waals surface area contributed by atoms with E-state index in [1.807, 2.05) is 0 Å². The third-order valence-electron chi connectivity index (χ3n) is 4.96. The second-order valence-corrected chi connectivity index (χ2v) is 5.91. The number of hydrogen-bond donors (Lipinski definition) is 2. The zero-order chi connectivity index (χ0) is 12.4. The van der Waals surface area contributed by atoms with Gasteiger partial charge in [0, 0.05) is 11.3 Å². The maximum absolute atomic E-state index is 4.86. The minimum atomic E-state index is 0.221. The molecule has 18 heavy (non-hydrogen) atoms. The number of nitrogens with one attached hydrogen (secondary N) is 2. The van der Waals surface area contributed by atoms with Gasteiger partial charge in [-0.1, -0.05) is 19.8 Å². The smallest absolute Gasteiger partial charge is 0.156 e. The average molecular weight is 248 g/mol. The van der Waals surface area contributed by atoms with E-state index in [2.05, 4.69) is 22.4 Å². The van der Waals surface area contributed by atoms with Gasteiger partial charge in [0.25, 0.3) is 0 Å². The minimum Gasteiger partial charge on any atom is -0.317 e. The Morgan fingerprint density at radius 3 is 2.61 bits per heavy atom. The number of nitrogens with zero attached hydrogens (tertiary/aromatic N) is 2. The molecule has 2 aliphatic rings. The van der Waals surface area contributed by atoms with E-state index in [0.29, 0.717) is 5.92 Å². The third-order valence-corrected chi connectivity index (χ3v) is 4.96. The Morgan fingerprint density at radius 1 is 1.22 bits per heavy atom. The molecular weight excluding hydrogens is 224 g/mol. The Kier molecular flexibility index (Phi) is 3.37. The third kappa shape index (κ3) is 2.07. The molecule has 0 amide bonds. The first kappa shape index (κ1) is 12.2. The summed E-state index contributed by atoms with van der Waals surface area (Å²) in [4.78, 5) is 4.86. The van der Waals surface area contributed by atoms with Crippen LogP contribution in [0.5, 0.6) is 0 Å². The van der Waals surface area contributed by atoms with Gasteiger partial charge in [-0.3, -0.25) is 5.10 Å². The fourth-order valence-electron chi connectivity index (χ4n) is 3.53. The van der Waals surface area contributed by atoms with E-state index in [1.165, 1.54) is 38.5 Å². The Bertz CT molecular complexity index is 386. The van der Waals surface area contributed by atoms with Crippen molar-refractivity contribution in [2.45, 2.75) is 63.2 Å². The fourth-order valence-corrected chi connectivity index (χ4v) is 3.53. The number of hydrogen-bond acceptors (Lipinski definition) is 3. The van der Waals surface area contributed by atoms with Crippen LogP contribution in [0.25, 0.3) is 0 Å². The van der Waals surface area contributed by atoms with Gasteiger partial charge < -0.3 is 5.32 Å². The van der Waals surface area contributed by atoms with Crippen molar-refractivity contribution < 1.29 is 0 Å². The first-order valence-corrected chi connectivity index (χ1v) is 7.47. The molecule has 3 rings (SSSR count). The summed E-state index contributed by atoms with van der Waals surface area (Å²) in [5, 5.41) is 11.2. The van der Waals surface area contributed by atoms with E-state index in [1.54, 1.807) is 0 Å². The highest BCUT2D eigenvalue weighted by atomic mass is 15.2. The quantitative estimate of drug-likeness (QED) is 0.864. The van der Waals surface area contributed by atoms with Crippen molar-refractivity contribution in [1.82, 2.24) is 20.5 Å². The minimum absolute atomic E-state index is 0.221. The first-order valence-electron chi connectivity index (χ1n) is 7.47. The molecular formula is C14H24N4. The Morgan fingerprint density at radius 2 is 1.94 bits per heavy atom. The van der Waals surface area contributed by atoms with Crippen LogP contribution in [0.3, 0.4) is 0 Å². The fraction of sp³-hybridized carbons (Fsp3) is 0.857. The summed E-state index contributed by atoms with van der Waals surface area (Å²) in [6.07, 6.45) is 8.77. The maximum Gasteiger partial charge on any atom is 0.156 e. The van der Waals surface area contributed by atoms with Gasteiger partial charge in [0.1, 0.15) is 5.82 Å². The molecule has 0 bridgehead atoms. The molecule has 0 spiro atoms. The maximum atomic E-state index is 4.86. The van der Waals surface area contributed by atoms with E-state index < -0.39 is 0 Å². The first-order chi connectivity index (χ1) is 8.84. The van der Waals surface area contributed by atoms with Crippen molar-refractivity contribution in [1.29, 1.82) is 0 Å². The van der Waals surface area contributed by atoms with E-state index in [-0.39, 0.29) is 5.41 Å². The van der Waals surface area contributed by atoms with Gasteiger partial charge in [0.05, 0.1) is 0 Å². The zero-order valence-corrected chi connectivity index (χ0v) is 11.3. The van der Waals surface area contributed by atoms with Gasteiger partial charge >= 0.3 is 0 Å². The van der Waals surface area contributed by atoms with Crippen molar-refractivity contribution in [2.75, 3.05) is 13.1 Å². The van der Waals surface area contributed by atoms with Crippen LogP contribution in [0.4, 0.5) is 0 Å². The Labute approximate surface area is 109 Å². The van der Waals surface area contributed by atoms with Crippen LogP contribution in [0, 0.1) is 0 Å². The molecule has 1 saturated heterocycles. The predicted octanol–water partition coefficient (Wildman–Crippen LogP) is 2.49. The molecule has 1 aromatic rings. The standard InChI is InChI=1S/C14H24N4/c1-2-14(7-9-15-10-8-14)13-16-12(17-18-13)11-5-3-4-6-11/h11,15H,2-10H2,1H3,(H,16,17,18). The van der Waals surface area contributed by atoms with Crippen LogP contribution in [0.1, 0.15) is 69.4 Å². The van der Waals surface area contributed by atoms with Gasteiger partial charge in [0.15, 0.2) is 5.82 Å². The van der Waals surface area contributed by atoms with E-state index in [9.17, 15) is 0 Å². The Hall–Kier alpha value is -0.900. The van der Waals surface area contributed by atoms with Crippen molar-refractivity contribution >= 4 is 0 Å². The summed E-state index contributed by atoms with van der Waals surface area (Å²) >= 11 is 0. The molecule has 0 radical (unpaired) electrons. The van der Waals surface area contributed by atoms with Crippen LogP contribution < -0.4 is 5.32 Å². The topological polar surface area (TPSA) is 53.6 Å².